The Bertz CT molecular complexity index is 930. The fraction of sp³-hybridized carbons (Fsp3) is 0.423. The molecule has 0 saturated heterocycles. The third-order valence-electron chi connectivity index (χ3n) is 5.77. The molecule has 0 atom stereocenters. The van der Waals surface area contributed by atoms with Gasteiger partial charge >= 0.3 is 5.97 Å². The minimum absolute atomic E-state index is 0.00961. The number of aromatic hydroxyl groups is 1. The minimum Gasteiger partial charge on any atom is -0.508 e. The lowest BCUT2D eigenvalue weighted by molar-refractivity contribution is -0.149. The lowest BCUT2D eigenvalue weighted by Gasteiger charge is -2.27. The maximum absolute atomic E-state index is 12.4. The van der Waals surface area contributed by atoms with Gasteiger partial charge < -0.3 is 19.9 Å². The zero-order valence-corrected chi connectivity index (χ0v) is 18.9. The number of phenolic OH excluding ortho intramolecular Hbond substituents is 1. The zero-order valence-electron chi connectivity index (χ0n) is 18.9. The number of esters is 1. The number of nitrogens with one attached hydrogen (secondary N) is 1. The number of rotatable bonds is 10. The van der Waals surface area contributed by atoms with E-state index in [0.29, 0.717) is 42.9 Å². The maximum atomic E-state index is 12.4. The summed E-state index contributed by atoms with van der Waals surface area (Å²) in [6.45, 7) is 2.62. The number of phenols is 1. The summed E-state index contributed by atoms with van der Waals surface area (Å²) in [5.41, 5.74) is 1.07. The molecule has 3 rings (SSSR count). The molecule has 1 saturated carbocycles. The molecular formula is C26H31NO6. The molecule has 1 amide bonds. The highest BCUT2D eigenvalue weighted by atomic mass is 16.5. The Morgan fingerprint density at radius 3 is 2.21 bits per heavy atom. The molecule has 7 heteroatoms. The summed E-state index contributed by atoms with van der Waals surface area (Å²) in [5, 5.41) is 12.0. The van der Waals surface area contributed by atoms with E-state index in [1.807, 2.05) is 6.92 Å². The lowest BCUT2D eigenvalue weighted by Crippen LogP contribution is -2.29. The van der Waals surface area contributed by atoms with Crippen molar-refractivity contribution in [3.05, 3.63) is 59.7 Å². The summed E-state index contributed by atoms with van der Waals surface area (Å²) in [5.74, 6) is 0.451. The summed E-state index contributed by atoms with van der Waals surface area (Å²) in [6, 6.07) is 13.1. The molecule has 0 radical (unpaired) electrons. The Hall–Kier alpha value is -3.35. The van der Waals surface area contributed by atoms with Crippen LogP contribution in [0.4, 0.5) is 0 Å². The van der Waals surface area contributed by atoms with Crippen LogP contribution < -0.4 is 10.1 Å². The SMILES string of the molecule is CCOC(=O)C1CCC(Oc2ccc(C(=O)CCCNC(=O)c3ccc(O)cc3)cc2)CC1. The molecule has 2 aromatic carbocycles. The molecule has 2 aromatic rings. The molecule has 0 heterocycles. The van der Waals surface area contributed by atoms with Gasteiger partial charge in [-0.05, 0) is 87.6 Å². The quantitative estimate of drug-likeness (QED) is 0.316. The van der Waals surface area contributed by atoms with Crippen molar-refractivity contribution in [1.82, 2.24) is 5.32 Å². The highest BCUT2D eigenvalue weighted by Gasteiger charge is 2.28. The summed E-state index contributed by atoms with van der Waals surface area (Å²) < 4.78 is 11.1. The van der Waals surface area contributed by atoms with E-state index in [2.05, 4.69) is 5.32 Å². The number of hydrogen-bond donors (Lipinski definition) is 2. The van der Waals surface area contributed by atoms with Crippen LogP contribution in [0.1, 0.15) is 66.2 Å². The van der Waals surface area contributed by atoms with Crippen LogP contribution in [-0.2, 0) is 9.53 Å². The van der Waals surface area contributed by atoms with Gasteiger partial charge in [-0.2, -0.15) is 0 Å². The van der Waals surface area contributed by atoms with E-state index in [9.17, 15) is 19.5 Å². The van der Waals surface area contributed by atoms with Gasteiger partial charge in [0.15, 0.2) is 5.78 Å². The van der Waals surface area contributed by atoms with Crippen molar-refractivity contribution >= 4 is 17.7 Å². The third-order valence-corrected chi connectivity index (χ3v) is 5.77. The topological polar surface area (TPSA) is 102 Å². The molecule has 0 bridgehead atoms. The van der Waals surface area contributed by atoms with Crippen LogP contribution in [0.3, 0.4) is 0 Å². The lowest BCUT2D eigenvalue weighted by atomic mass is 9.87. The number of ketones is 1. The van der Waals surface area contributed by atoms with Crippen LogP contribution >= 0.6 is 0 Å². The van der Waals surface area contributed by atoms with Gasteiger partial charge in [-0.1, -0.05) is 0 Å². The van der Waals surface area contributed by atoms with Crippen LogP contribution in [0.25, 0.3) is 0 Å². The normalized spacial score (nSPS) is 17.7. The number of benzene rings is 2. The predicted octanol–water partition coefficient (Wildman–Crippen LogP) is 4.29. The van der Waals surface area contributed by atoms with Crippen LogP contribution in [0, 0.1) is 5.92 Å². The van der Waals surface area contributed by atoms with Crippen molar-refractivity contribution < 1.29 is 29.0 Å². The predicted molar refractivity (Wildman–Crippen MR) is 123 cm³/mol. The van der Waals surface area contributed by atoms with Crippen molar-refractivity contribution in [2.45, 2.75) is 51.6 Å². The minimum atomic E-state index is -0.236. The Morgan fingerprint density at radius 1 is 0.939 bits per heavy atom. The van der Waals surface area contributed by atoms with E-state index >= 15 is 0 Å². The standard InChI is InChI=1S/C26H31NO6/c1-2-32-26(31)20-9-15-23(16-10-20)33-22-13-7-18(8-14-22)24(29)4-3-17-27-25(30)19-5-11-21(28)12-6-19/h5-8,11-14,20,23,28H,2-4,9-10,15-17H2,1H3,(H,27,30). The second-order valence-electron chi connectivity index (χ2n) is 8.20. The zero-order chi connectivity index (χ0) is 23.6. The Labute approximate surface area is 194 Å². The smallest absolute Gasteiger partial charge is 0.308 e. The van der Waals surface area contributed by atoms with E-state index in [0.717, 1.165) is 25.7 Å². The van der Waals surface area contributed by atoms with Crippen molar-refractivity contribution in [2.24, 2.45) is 5.92 Å². The van der Waals surface area contributed by atoms with Gasteiger partial charge in [0.05, 0.1) is 18.6 Å². The van der Waals surface area contributed by atoms with E-state index in [1.165, 1.54) is 12.1 Å². The summed E-state index contributed by atoms with van der Waals surface area (Å²) in [4.78, 5) is 36.3. The Balaban J connectivity index is 1.37. The van der Waals surface area contributed by atoms with Gasteiger partial charge in [0, 0.05) is 24.1 Å². The van der Waals surface area contributed by atoms with Crippen LogP contribution in [0.5, 0.6) is 11.5 Å². The first kappa shape index (κ1) is 24.3. The van der Waals surface area contributed by atoms with Crippen molar-refractivity contribution in [3.63, 3.8) is 0 Å². The number of Topliss-reactive ketones (excluding diaryl/α,β-unsaturated/α-hetero) is 1. The summed E-state index contributed by atoms with van der Waals surface area (Å²) >= 11 is 0. The van der Waals surface area contributed by atoms with E-state index < -0.39 is 0 Å². The number of carbonyl (C=O) groups excluding carboxylic acids is 3. The molecular weight excluding hydrogens is 422 g/mol. The number of ether oxygens (including phenoxy) is 2. The fourth-order valence-corrected chi connectivity index (χ4v) is 3.90. The molecule has 7 nitrogen and oxygen atoms in total. The van der Waals surface area contributed by atoms with Gasteiger partial charge in [-0.25, -0.2) is 0 Å². The molecule has 1 aliphatic carbocycles. The molecule has 0 spiro atoms. The molecule has 1 fully saturated rings. The molecule has 0 aliphatic heterocycles. The molecule has 1 aliphatic rings. The van der Waals surface area contributed by atoms with Crippen molar-refractivity contribution in [2.75, 3.05) is 13.2 Å². The van der Waals surface area contributed by atoms with Gasteiger partial charge in [0.2, 0.25) is 0 Å². The Kier molecular flexibility index (Phi) is 8.87. The first-order valence-electron chi connectivity index (χ1n) is 11.5. The molecule has 176 valence electrons. The summed E-state index contributed by atoms with van der Waals surface area (Å²) in [6.07, 6.45) is 4.07. The van der Waals surface area contributed by atoms with E-state index in [-0.39, 0.29) is 35.4 Å². The second-order valence-corrected chi connectivity index (χ2v) is 8.20. The number of hydrogen-bond acceptors (Lipinski definition) is 6. The van der Waals surface area contributed by atoms with Gasteiger partial charge in [-0.15, -0.1) is 0 Å². The van der Waals surface area contributed by atoms with E-state index in [4.69, 9.17) is 9.47 Å². The van der Waals surface area contributed by atoms with Crippen LogP contribution in [-0.4, -0.2) is 42.0 Å². The summed E-state index contributed by atoms with van der Waals surface area (Å²) in [7, 11) is 0. The molecule has 33 heavy (non-hydrogen) atoms. The number of carbonyl (C=O) groups is 3. The van der Waals surface area contributed by atoms with Gasteiger partial charge in [0.1, 0.15) is 11.5 Å². The molecule has 0 unspecified atom stereocenters. The monoisotopic (exact) mass is 453 g/mol. The molecule has 0 aromatic heterocycles. The second kappa shape index (κ2) is 12.0. The average molecular weight is 454 g/mol. The fourth-order valence-electron chi connectivity index (χ4n) is 3.90. The molecule has 2 N–H and O–H groups in total. The first-order chi connectivity index (χ1) is 16.0. The number of amides is 1. The Morgan fingerprint density at radius 2 is 1.58 bits per heavy atom. The maximum Gasteiger partial charge on any atom is 0.308 e. The average Bonchev–Trinajstić information content (AvgIpc) is 2.83. The van der Waals surface area contributed by atoms with Crippen molar-refractivity contribution in [3.8, 4) is 11.5 Å². The van der Waals surface area contributed by atoms with E-state index in [1.54, 1.807) is 36.4 Å². The highest BCUT2D eigenvalue weighted by Crippen LogP contribution is 2.28. The van der Waals surface area contributed by atoms with Gasteiger partial charge in [0.25, 0.3) is 5.91 Å². The first-order valence-corrected chi connectivity index (χ1v) is 11.5. The van der Waals surface area contributed by atoms with Gasteiger partial charge in [-0.3, -0.25) is 14.4 Å². The largest absolute Gasteiger partial charge is 0.508 e. The van der Waals surface area contributed by atoms with Crippen LogP contribution in [0.2, 0.25) is 0 Å². The highest BCUT2D eigenvalue weighted by molar-refractivity contribution is 5.96. The van der Waals surface area contributed by atoms with Crippen molar-refractivity contribution in [1.29, 1.82) is 0 Å². The third kappa shape index (κ3) is 7.34. The van der Waals surface area contributed by atoms with Crippen LogP contribution in [0.15, 0.2) is 48.5 Å².